The molecule has 1 aromatic heterocycles. The van der Waals surface area contributed by atoms with E-state index in [2.05, 4.69) is 4.98 Å². The van der Waals surface area contributed by atoms with Gasteiger partial charge in [0.2, 0.25) is 5.75 Å². The van der Waals surface area contributed by atoms with Gasteiger partial charge in [-0.15, -0.1) is 0 Å². The summed E-state index contributed by atoms with van der Waals surface area (Å²) >= 11 is 0. The van der Waals surface area contributed by atoms with Crippen LogP contribution in [0.5, 0.6) is 17.2 Å². The number of nitrogens with zero attached hydrogens (tertiary/aromatic N) is 1. The molecule has 0 saturated carbocycles. The van der Waals surface area contributed by atoms with Gasteiger partial charge in [-0.05, 0) is 19.1 Å². The standard InChI is InChI=1S/C15H20N2O3/c1-9(16)7-12-11-8-13(18-2)15(20-4)14(19-3)10(11)5-6-17-12/h5-6,8-9H,7,16H2,1-4H3. The van der Waals surface area contributed by atoms with Crippen LogP contribution in [0.3, 0.4) is 0 Å². The minimum absolute atomic E-state index is 0.0344. The Balaban J connectivity index is 2.76. The van der Waals surface area contributed by atoms with Gasteiger partial charge in [-0.2, -0.15) is 0 Å². The van der Waals surface area contributed by atoms with Gasteiger partial charge in [-0.3, -0.25) is 4.98 Å². The number of benzene rings is 1. The van der Waals surface area contributed by atoms with Gasteiger partial charge < -0.3 is 19.9 Å². The molecule has 1 heterocycles. The van der Waals surface area contributed by atoms with Crippen LogP contribution in [0.4, 0.5) is 0 Å². The first-order valence-corrected chi connectivity index (χ1v) is 6.44. The van der Waals surface area contributed by atoms with Crippen molar-refractivity contribution >= 4 is 10.8 Å². The topological polar surface area (TPSA) is 66.6 Å². The molecule has 0 aliphatic carbocycles. The summed E-state index contributed by atoms with van der Waals surface area (Å²) < 4.78 is 16.3. The zero-order valence-corrected chi connectivity index (χ0v) is 12.3. The number of hydrogen-bond donors (Lipinski definition) is 1. The lowest BCUT2D eigenvalue weighted by atomic mass is 10.0. The van der Waals surface area contributed by atoms with Gasteiger partial charge in [0.25, 0.3) is 0 Å². The molecule has 0 fully saturated rings. The number of rotatable bonds is 5. The number of ether oxygens (including phenoxy) is 3. The first kappa shape index (κ1) is 14.4. The third-order valence-electron chi connectivity index (χ3n) is 3.17. The van der Waals surface area contributed by atoms with Crippen LogP contribution in [0.15, 0.2) is 18.3 Å². The van der Waals surface area contributed by atoms with Crippen LogP contribution < -0.4 is 19.9 Å². The molecule has 0 spiro atoms. The molecule has 20 heavy (non-hydrogen) atoms. The lowest BCUT2D eigenvalue weighted by Gasteiger charge is -2.16. The minimum Gasteiger partial charge on any atom is -0.493 e. The number of fused-ring (bicyclic) bond motifs is 1. The lowest BCUT2D eigenvalue weighted by Crippen LogP contribution is -2.18. The maximum absolute atomic E-state index is 5.89. The van der Waals surface area contributed by atoms with Crippen LogP contribution in [0.2, 0.25) is 0 Å². The third kappa shape index (κ3) is 2.49. The summed E-state index contributed by atoms with van der Waals surface area (Å²) in [5.74, 6) is 1.85. The monoisotopic (exact) mass is 276 g/mol. The Morgan fingerprint density at radius 2 is 1.80 bits per heavy atom. The van der Waals surface area contributed by atoms with Gasteiger partial charge in [0, 0.05) is 35.1 Å². The van der Waals surface area contributed by atoms with Gasteiger partial charge in [-0.1, -0.05) is 0 Å². The predicted octanol–water partition coefficient (Wildman–Crippen LogP) is 2.15. The van der Waals surface area contributed by atoms with Crippen LogP contribution in [-0.4, -0.2) is 32.4 Å². The smallest absolute Gasteiger partial charge is 0.203 e. The molecule has 5 nitrogen and oxygen atoms in total. The number of methoxy groups -OCH3 is 3. The summed E-state index contributed by atoms with van der Waals surface area (Å²) in [7, 11) is 4.81. The fourth-order valence-corrected chi connectivity index (χ4v) is 2.32. The van der Waals surface area contributed by atoms with Crippen molar-refractivity contribution < 1.29 is 14.2 Å². The Hall–Kier alpha value is -2.01. The second-order valence-electron chi connectivity index (χ2n) is 4.68. The van der Waals surface area contributed by atoms with Crippen molar-refractivity contribution in [3.05, 3.63) is 24.0 Å². The molecular formula is C15H20N2O3. The number of hydrogen-bond acceptors (Lipinski definition) is 5. The molecule has 0 saturated heterocycles. The average molecular weight is 276 g/mol. The Bertz CT molecular complexity index is 612. The summed E-state index contributed by atoms with van der Waals surface area (Å²) in [5.41, 5.74) is 6.81. The largest absolute Gasteiger partial charge is 0.493 e. The second-order valence-corrected chi connectivity index (χ2v) is 4.68. The maximum Gasteiger partial charge on any atom is 0.203 e. The highest BCUT2D eigenvalue weighted by Crippen LogP contribution is 2.43. The first-order chi connectivity index (χ1) is 9.62. The first-order valence-electron chi connectivity index (χ1n) is 6.44. The maximum atomic E-state index is 5.89. The molecule has 0 aliphatic heterocycles. The van der Waals surface area contributed by atoms with Crippen molar-refractivity contribution in [2.45, 2.75) is 19.4 Å². The van der Waals surface area contributed by atoms with Gasteiger partial charge in [-0.25, -0.2) is 0 Å². The third-order valence-corrected chi connectivity index (χ3v) is 3.17. The summed E-state index contributed by atoms with van der Waals surface area (Å²) in [5, 5.41) is 1.91. The zero-order chi connectivity index (χ0) is 14.7. The van der Waals surface area contributed by atoms with E-state index >= 15 is 0 Å². The van der Waals surface area contributed by atoms with Crippen LogP contribution in [0, 0.1) is 0 Å². The summed E-state index contributed by atoms with van der Waals surface area (Å²) in [6, 6.07) is 3.86. The van der Waals surface area contributed by atoms with Crippen molar-refractivity contribution in [1.82, 2.24) is 4.98 Å². The molecule has 1 unspecified atom stereocenters. The van der Waals surface area contributed by atoms with Crippen LogP contribution in [0.25, 0.3) is 10.8 Å². The van der Waals surface area contributed by atoms with E-state index in [9.17, 15) is 0 Å². The number of aromatic nitrogens is 1. The Kier molecular flexibility index (Phi) is 4.29. The van der Waals surface area contributed by atoms with E-state index < -0.39 is 0 Å². The van der Waals surface area contributed by atoms with Crippen LogP contribution in [0.1, 0.15) is 12.6 Å². The van der Waals surface area contributed by atoms with E-state index in [1.54, 1.807) is 27.5 Å². The van der Waals surface area contributed by atoms with Crippen molar-refractivity contribution in [3.63, 3.8) is 0 Å². The predicted molar refractivity (Wildman–Crippen MR) is 78.8 cm³/mol. The molecule has 108 valence electrons. The van der Waals surface area contributed by atoms with Gasteiger partial charge in [0.15, 0.2) is 11.5 Å². The Labute approximate surface area is 118 Å². The van der Waals surface area contributed by atoms with Crippen molar-refractivity contribution in [1.29, 1.82) is 0 Å². The Morgan fingerprint density at radius 3 is 2.35 bits per heavy atom. The molecule has 1 atom stereocenters. The van der Waals surface area contributed by atoms with E-state index in [-0.39, 0.29) is 6.04 Å². The molecule has 5 heteroatoms. The number of pyridine rings is 1. The van der Waals surface area contributed by atoms with E-state index in [4.69, 9.17) is 19.9 Å². The van der Waals surface area contributed by atoms with Crippen molar-refractivity contribution in [2.24, 2.45) is 5.73 Å². The van der Waals surface area contributed by atoms with Crippen LogP contribution >= 0.6 is 0 Å². The van der Waals surface area contributed by atoms with E-state index in [1.807, 2.05) is 19.1 Å². The van der Waals surface area contributed by atoms with Gasteiger partial charge in [0.1, 0.15) is 0 Å². The van der Waals surface area contributed by atoms with E-state index in [1.165, 1.54) is 0 Å². The molecule has 2 aromatic rings. The quantitative estimate of drug-likeness (QED) is 0.906. The highest BCUT2D eigenvalue weighted by molar-refractivity contribution is 5.94. The van der Waals surface area contributed by atoms with Crippen molar-refractivity contribution in [3.8, 4) is 17.2 Å². The zero-order valence-electron chi connectivity index (χ0n) is 12.3. The molecule has 2 N–H and O–H groups in total. The molecule has 0 aliphatic rings. The SMILES string of the molecule is COc1cc2c(CC(C)N)nccc2c(OC)c1OC. The summed E-state index contributed by atoms with van der Waals surface area (Å²) in [6.07, 6.45) is 2.45. The molecule has 1 aromatic carbocycles. The normalized spacial score (nSPS) is 12.2. The minimum atomic E-state index is 0.0344. The van der Waals surface area contributed by atoms with Gasteiger partial charge in [0.05, 0.1) is 21.3 Å². The molecule has 2 rings (SSSR count). The van der Waals surface area contributed by atoms with Crippen molar-refractivity contribution in [2.75, 3.05) is 21.3 Å². The van der Waals surface area contributed by atoms with Gasteiger partial charge >= 0.3 is 0 Å². The summed E-state index contributed by atoms with van der Waals surface area (Å²) in [6.45, 7) is 1.96. The van der Waals surface area contributed by atoms with E-state index in [0.717, 1.165) is 16.5 Å². The molecular weight excluding hydrogens is 256 g/mol. The second kappa shape index (κ2) is 5.96. The highest BCUT2D eigenvalue weighted by Gasteiger charge is 2.18. The fraction of sp³-hybridized carbons (Fsp3) is 0.400. The molecule has 0 radical (unpaired) electrons. The number of nitrogens with two attached hydrogens (primary N) is 1. The Morgan fingerprint density at radius 1 is 1.10 bits per heavy atom. The summed E-state index contributed by atoms with van der Waals surface area (Å²) in [4.78, 5) is 4.42. The average Bonchev–Trinajstić information content (AvgIpc) is 2.44. The van der Waals surface area contributed by atoms with Crippen LogP contribution in [-0.2, 0) is 6.42 Å². The molecule has 0 amide bonds. The molecule has 0 bridgehead atoms. The lowest BCUT2D eigenvalue weighted by molar-refractivity contribution is 0.327. The van der Waals surface area contributed by atoms with E-state index in [0.29, 0.717) is 23.7 Å². The highest BCUT2D eigenvalue weighted by atomic mass is 16.5. The fourth-order valence-electron chi connectivity index (χ4n) is 2.32.